The normalized spacial score (nSPS) is 39.8. The number of rotatable bonds is 7. The molecule has 1 nitrogen and oxygen atoms in total. The Morgan fingerprint density at radius 3 is 2.44 bits per heavy atom. The van der Waals surface area contributed by atoms with Crippen LogP contribution in [0.5, 0.6) is 5.75 Å². The van der Waals surface area contributed by atoms with Gasteiger partial charge in [-0.1, -0.05) is 83.5 Å². The number of para-hydroxylation sites is 1. The maximum Gasteiger partial charge on any atom is 0.119 e. The van der Waals surface area contributed by atoms with E-state index < -0.39 is 0 Å². The first-order valence-electron chi connectivity index (χ1n) is 15.4. The van der Waals surface area contributed by atoms with Crippen LogP contribution in [0.15, 0.2) is 54.1 Å². The molecule has 0 radical (unpaired) electrons. The van der Waals surface area contributed by atoms with Crippen molar-refractivity contribution >= 4 is 0 Å². The van der Waals surface area contributed by atoms with Crippen molar-refractivity contribution in [2.75, 3.05) is 0 Å². The van der Waals surface area contributed by atoms with Crippen molar-refractivity contribution in [2.24, 2.45) is 52.3 Å². The van der Waals surface area contributed by atoms with Gasteiger partial charge in [0, 0.05) is 6.42 Å². The van der Waals surface area contributed by atoms with Gasteiger partial charge in [0.1, 0.15) is 11.9 Å². The molecule has 5 rings (SSSR count). The predicted octanol–water partition coefficient (Wildman–Crippen LogP) is 9.89. The van der Waals surface area contributed by atoms with E-state index >= 15 is 0 Å². The van der Waals surface area contributed by atoms with E-state index in [2.05, 4.69) is 90.1 Å². The summed E-state index contributed by atoms with van der Waals surface area (Å²) in [4.78, 5) is 0. The second-order valence-electron chi connectivity index (χ2n) is 13.8. The van der Waals surface area contributed by atoms with E-state index in [0.29, 0.717) is 22.9 Å². The summed E-state index contributed by atoms with van der Waals surface area (Å²) in [7, 11) is 0. The summed E-state index contributed by atoms with van der Waals surface area (Å²) in [6.45, 7) is 15.0. The summed E-state index contributed by atoms with van der Waals surface area (Å²) < 4.78 is 6.43. The first-order chi connectivity index (χ1) is 17.3. The minimum absolute atomic E-state index is 0.346. The van der Waals surface area contributed by atoms with Gasteiger partial charge in [-0.3, -0.25) is 0 Å². The highest BCUT2D eigenvalue weighted by atomic mass is 16.5. The fourth-order valence-corrected chi connectivity index (χ4v) is 9.61. The molecule has 0 aromatic heterocycles. The van der Waals surface area contributed by atoms with Crippen LogP contribution >= 0.6 is 0 Å². The van der Waals surface area contributed by atoms with Gasteiger partial charge in [-0.15, -0.1) is 0 Å². The van der Waals surface area contributed by atoms with Crippen molar-refractivity contribution in [2.45, 2.75) is 105 Å². The van der Waals surface area contributed by atoms with Crippen molar-refractivity contribution < 1.29 is 4.74 Å². The quantitative estimate of drug-likeness (QED) is 0.347. The summed E-state index contributed by atoms with van der Waals surface area (Å²) in [5.74, 6) is 6.77. The minimum Gasteiger partial charge on any atom is -0.490 e. The second kappa shape index (κ2) is 10.3. The van der Waals surface area contributed by atoms with Crippen LogP contribution < -0.4 is 4.74 Å². The highest BCUT2D eigenvalue weighted by molar-refractivity contribution is 5.27. The lowest BCUT2D eigenvalue weighted by Crippen LogP contribution is -2.51. The fourth-order valence-electron chi connectivity index (χ4n) is 9.61. The van der Waals surface area contributed by atoms with Crippen LogP contribution in [0.3, 0.4) is 0 Å². The second-order valence-corrected chi connectivity index (χ2v) is 13.8. The number of fused-ring (bicyclic) bond motifs is 5. The molecule has 9 atom stereocenters. The largest absolute Gasteiger partial charge is 0.490 e. The molecule has 0 bridgehead atoms. The first kappa shape index (κ1) is 26.1. The third-order valence-electron chi connectivity index (χ3n) is 11.8. The summed E-state index contributed by atoms with van der Waals surface area (Å²) in [6, 6.07) is 10.5. The molecule has 4 aliphatic carbocycles. The number of hydrogen-bond donors (Lipinski definition) is 0. The number of ether oxygens (including phenoxy) is 1. The van der Waals surface area contributed by atoms with E-state index in [1.54, 1.807) is 5.57 Å². The predicted molar refractivity (Wildman–Crippen MR) is 153 cm³/mol. The van der Waals surface area contributed by atoms with Crippen molar-refractivity contribution in [1.82, 2.24) is 0 Å². The molecule has 198 valence electrons. The number of hydrogen-bond acceptors (Lipinski definition) is 1. The zero-order chi connectivity index (χ0) is 25.5. The van der Waals surface area contributed by atoms with Crippen molar-refractivity contribution in [1.29, 1.82) is 0 Å². The van der Waals surface area contributed by atoms with E-state index in [-0.39, 0.29) is 0 Å². The van der Waals surface area contributed by atoms with Gasteiger partial charge in [-0.25, -0.2) is 0 Å². The Balaban J connectivity index is 1.29. The average Bonchev–Trinajstić information content (AvgIpc) is 3.22. The molecule has 3 saturated carbocycles. The summed E-state index contributed by atoms with van der Waals surface area (Å²) in [6.07, 6.45) is 20.2. The lowest BCUT2D eigenvalue weighted by molar-refractivity contribution is -0.0526. The van der Waals surface area contributed by atoms with Gasteiger partial charge in [0.25, 0.3) is 0 Å². The highest BCUT2D eigenvalue weighted by Crippen LogP contribution is 2.67. The van der Waals surface area contributed by atoms with Crippen LogP contribution in [0.2, 0.25) is 0 Å². The molecule has 0 spiro atoms. The molecule has 1 aromatic rings. The minimum atomic E-state index is 0.346. The van der Waals surface area contributed by atoms with E-state index in [4.69, 9.17) is 4.74 Å². The van der Waals surface area contributed by atoms with Gasteiger partial charge in [-0.2, -0.15) is 0 Å². The van der Waals surface area contributed by atoms with Crippen LogP contribution in [-0.2, 0) is 0 Å². The van der Waals surface area contributed by atoms with Gasteiger partial charge in [-0.05, 0) is 116 Å². The first-order valence-corrected chi connectivity index (χ1v) is 15.4. The van der Waals surface area contributed by atoms with Crippen LogP contribution in [0.1, 0.15) is 99.3 Å². The average molecular weight is 489 g/mol. The van der Waals surface area contributed by atoms with Crippen molar-refractivity contribution in [3.05, 3.63) is 54.1 Å². The molecule has 0 N–H and O–H groups in total. The lowest BCUT2D eigenvalue weighted by Gasteiger charge is -2.58. The Bertz CT molecular complexity index is 943. The highest BCUT2D eigenvalue weighted by Gasteiger charge is 2.59. The SMILES string of the molecule is CC[C@H](/C=C/[C@@H](C)[C@H]1CC[C@H]2[C@@H]3CC=C4C[C@@H](Oc5ccccc5)CC[C@]4(C)[C@H]3CC[C@]12C)C(C)C. The molecule has 0 saturated heterocycles. The zero-order valence-electron chi connectivity index (χ0n) is 24.0. The van der Waals surface area contributed by atoms with Gasteiger partial charge in [0.2, 0.25) is 0 Å². The zero-order valence-corrected chi connectivity index (χ0v) is 24.0. The molecule has 0 amide bonds. The van der Waals surface area contributed by atoms with Crippen molar-refractivity contribution in [3.8, 4) is 5.75 Å². The van der Waals surface area contributed by atoms with E-state index in [1.807, 2.05) is 0 Å². The summed E-state index contributed by atoms with van der Waals surface area (Å²) in [5.41, 5.74) is 2.65. The van der Waals surface area contributed by atoms with Crippen LogP contribution in [0.25, 0.3) is 0 Å². The van der Waals surface area contributed by atoms with E-state index in [9.17, 15) is 0 Å². The fraction of sp³-hybridized carbons (Fsp3) is 0.714. The number of allylic oxidation sites excluding steroid dienone is 3. The molecule has 4 aliphatic rings. The molecular weight excluding hydrogens is 436 g/mol. The number of benzene rings is 1. The summed E-state index contributed by atoms with van der Waals surface area (Å²) in [5, 5.41) is 0. The molecule has 3 fully saturated rings. The molecule has 0 unspecified atom stereocenters. The third kappa shape index (κ3) is 4.63. The standard InChI is InChI=1S/C35H52O/c1-7-26(24(2)3)14-13-25(4)31-17-18-32-30-16-15-27-23-29(36-28-11-9-8-10-12-28)19-21-34(27,5)33(30)20-22-35(31,32)6/h8-15,24-26,29-33H,7,16-23H2,1-6H3/b14-13+/t25-,26-,29+,30+,31-,32+,33+,34+,35-/m1/s1. The Kier molecular flexibility index (Phi) is 7.50. The third-order valence-corrected chi connectivity index (χ3v) is 11.8. The molecular formula is C35H52O. The van der Waals surface area contributed by atoms with Crippen molar-refractivity contribution in [3.63, 3.8) is 0 Å². The Labute approximate surface area is 222 Å². The molecule has 36 heavy (non-hydrogen) atoms. The summed E-state index contributed by atoms with van der Waals surface area (Å²) >= 11 is 0. The van der Waals surface area contributed by atoms with Gasteiger partial charge >= 0.3 is 0 Å². The Morgan fingerprint density at radius 1 is 0.944 bits per heavy atom. The smallest absolute Gasteiger partial charge is 0.119 e. The lowest BCUT2D eigenvalue weighted by atomic mass is 9.47. The Hall–Kier alpha value is -1.50. The van der Waals surface area contributed by atoms with Crippen LogP contribution in [0, 0.1) is 52.3 Å². The van der Waals surface area contributed by atoms with Gasteiger partial charge in [0.05, 0.1) is 0 Å². The molecule has 0 aliphatic heterocycles. The molecule has 0 heterocycles. The maximum absolute atomic E-state index is 6.43. The topological polar surface area (TPSA) is 9.23 Å². The van der Waals surface area contributed by atoms with E-state index in [0.717, 1.165) is 47.7 Å². The van der Waals surface area contributed by atoms with Gasteiger partial charge in [0.15, 0.2) is 0 Å². The monoisotopic (exact) mass is 488 g/mol. The Morgan fingerprint density at radius 2 is 1.72 bits per heavy atom. The molecule has 1 aromatic carbocycles. The van der Waals surface area contributed by atoms with Crippen LogP contribution in [-0.4, -0.2) is 6.10 Å². The van der Waals surface area contributed by atoms with Gasteiger partial charge < -0.3 is 4.74 Å². The molecule has 1 heteroatoms. The maximum atomic E-state index is 6.43. The van der Waals surface area contributed by atoms with E-state index in [1.165, 1.54) is 51.4 Å². The van der Waals surface area contributed by atoms with Crippen LogP contribution in [0.4, 0.5) is 0 Å².